The van der Waals surface area contributed by atoms with E-state index in [4.69, 9.17) is 17.0 Å². The van der Waals surface area contributed by atoms with Crippen LogP contribution < -0.4 is 21.7 Å². The normalized spacial score (nSPS) is 12.3. The second-order valence-electron chi connectivity index (χ2n) is 7.16. The molecule has 4 rings (SSSR count). The van der Waals surface area contributed by atoms with Crippen LogP contribution in [0.15, 0.2) is 29.1 Å². The monoisotopic (exact) mass is 471 g/mol. The zero-order valence-corrected chi connectivity index (χ0v) is 19.1. The molecular formula is C21H21N5O4S2. The SMILES string of the molecule is CCOC(=O)c1ccc(NC(=S)NNC(=O)c2sc3nc4n(c(=O)c3c2C)CCC4)cc1. The molecule has 1 aliphatic rings. The number of hydrazine groups is 1. The summed E-state index contributed by atoms with van der Waals surface area (Å²) in [5.74, 6) is -0.0323. The lowest BCUT2D eigenvalue weighted by molar-refractivity contribution is 0.0526. The van der Waals surface area contributed by atoms with Crippen LogP contribution in [0.5, 0.6) is 0 Å². The van der Waals surface area contributed by atoms with Gasteiger partial charge in [0, 0.05) is 18.7 Å². The topological polar surface area (TPSA) is 114 Å². The molecule has 3 aromatic rings. The Balaban J connectivity index is 1.40. The molecule has 0 spiro atoms. The van der Waals surface area contributed by atoms with Crippen molar-refractivity contribution in [2.24, 2.45) is 0 Å². The molecule has 32 heavy (non-hydrogen) atoms. The summed E-state index contributed by atoms with van der Waals surface area (Å²) >= 11 is 6.41. The maximum absolute atomic E-state index is 12.8. The Bertz CT molecular complexity index is 1280. The average molecular weight is 472 g/mol. The molecule has 0 radical (unpaired) electrons. The number of esters is 1. The summed E-state index contributed by atoms with van der Waals surface area (Å²) in [4.78, 5) is 42.7. The molecule has 11 heteroatoms. The summed E-state index contributed by atoms with van der Waals surface area (Å²) in [7, 11) is 0. The van der Waals surface area contributed by atoms with Crippen LogP contribution in [0.4, 0.5) is 5.69 Å². The summed E-state index contributed by atoms with van der Waals surface area (Å²) in [5, 5.41) is 3.58. The third-order valence-electron chi connectivity index (χ3n) is 5.06. The predicted molar refractivity (Wildman–Crippen MR) is 126 cm³/mol. The van der Waals surface area contributed by atoms with Gasteiger partial charge >= 0.3 is 5.97 Å². The van der Waals surface area contributed by atoms with Crippen LogP contribution in [0.25, 0.3) is 10.2 Å². The maximum Gasteiger partial charge on any atom is 0.338 e. The number of carbonyl (C=O) groups excluding carboxylic acids is 2. The number of rotatable bonds is 4. The molecule has 3 heterocycles. The molecule has 0 bridgehead atoms. The quantitative estimate of drug-likeness (QED) is 0.302. The van der Waals surface area contributed by atoms with Gasteiger partial charge in [0.05, 0.1) is 22.4 Å². The van der Waals surface area contributed by atoms with Gasteiger partial charge in [-0.25, -0.2) is 9.78 Å². The second-order valence-corrected chi connectivity index (χ2v) is 8.56. The van der Waals surface area contributed by atoms with Gasteiger partial charge in [-0.2, -0.15) is 0 Å². The van der Waals surface area contributed by atoms with E-state index < -0.39 is 11.9 Å². The number of hydrogen-bond donors (Lipinski definition) is 3. The van der Waals surface area contributed by atoms with Crippen molar-refractivity contribution < 1.29 is 14.3 Å². The van der Waals surface area contributed by atoms with Crippen molar-refractivity contribution in [3.8, 4) is 0 Å². The first kappa shape index (κ1) is 21.9. The van der Waals surface area contributed by atoms with E-state index in [-0.39, 0.29) is 10.7 Å². The fourth-order valence-electron chi connectivity index (χ4n) is 3.53. The van der Waals surface area contributed by atoms with Crippen molar-refractivity contribution in [2.45, 2.75) is 33.2 Å². The van der Waals surface area contributed by atoms with E-state index in [1.54, 1.807) is 42.7 Å². The molecule has 1 amide bonds. The Labute approximate surface area is 192 Å². The molecule has 9 nitrogen and oxygen atoms in total. The van der Waals surface area contributed by atoms with Gasteiger partial charge in [0.2, 0.25) is 0 Å². The van der Waals surface area contributed by atoms with Crippen molar-refractivity contribution in [1.29, 1.82) is 0 Å². The lowest BCUT2D eigenvalue weighted by atomic mass is 10.2. The predicted octanol–water partition coefficient (Wildman–Crippen LogP) is 2.52. The summed E-state index contributed by atoms with van der Waals surface area (Å²) in [6, 6.07) is 6.59. The zero-order valence-electron chi connectivity index (χ0n) is 17.5. The van der Waals surface area contributed by atoms with Crippen LogP contribution in [0.3, 0.4) is 0 Å². The summed E-state index contributed by atoms with van der Waals surface area (Å²) in [6.07, 6.45) is 1.68. The van der Waals surface area contributed by atoms with Crippen molar-refractivity contribution in [2.75, 3.05) is 11.9 Å². The Morgan fingerprint density at radius 3 is 2.72 bits per heavy atom. The van der Waals surface area contributed by atoms with E-state index in [0.29, 0.717) is 45.1 Å². The number of nitrogens with zero attached hydrogens (tertiary/aromatic N) is 2. The molecule has 0 fully saturated rings. The van der Waals surface area contributed by atoms with Gasteiger partial charge in [0.25, 0.3) is 11.5 Å². The molecule has 2 aromatic heterocycles. The number of anilines is 1. The minimum atomic E-state index is -0.406. The highest BCUT2D eigenvalue weighted by Crippen LogP contribution is 2.28. The van der Waals surface area contributed by atoms with Crippen LogP contribution in [-0.4, -0.2) is 33.1 Å². The zero-order chi connectivity index (χ0) is 22.8. The van der Waals surface area contributed by atoms with E-state index in [2.05, 4.69) is 21.2 Å². The van der Waals surface area contributed by atoms with Gasteiger partial charge in [0.15, 0.2) is 5.11 Å². The van der Waals surface area contributed by atoms with Crippen LogP contribution in [0, 0.1) is 6.92 Å². The number of hydrogen-bond acceptors (Lipinski definition) is 7. The number of ether oxygens (including phenoxy) is 1. The molecule has 0 unspecified atom stereocenters. The summed E-state index contributed by atoms with van der Waals surface area (Å²) < 4.78 is 6.64. The number of aromatic nitrogens is 2. The van der Waals surface area contributed by atoms with Crippen LogP contribution >= 0.6 is 23.6 Å². The number of carbonyl (C=O) groups is 2. The van der Waals surface area contributed by atoms with E-state index in [9.17, 15) is 14.4 Å². The molecule has 1 aliphatic heterocycles. The van der Waals surface area contributed by atoms with E-state index in [1.165, 1.54) is 11.3 Å². The van der Waals surface area contributed by atoms with Gasteiger partial charge in [-0.3, -0.25) is 25.0 Å². The lowest BCUT2D eigenvalue weighted by Crippen LogP contribution is -2.43. The second kappa shape index (κ2) is 9.05. The first-order valence-electron chi connectivity index (χ1n) is 10.1. The molecular weight excluding hydrogens is 450 g/mol. The number of nitrogens with one attached hydrogen (secondary N) is 3. The van der Waals surface area contributed by atoms with Crippen LogP contribution in [-0.2, 0) is 17.7 Å². The molecule has 0 aliphatic carbocycles. The highest BCUT2D eigenvalue weighted by atomic mass is 32.1. The highest BCUT2D eigenvalue weighted by Gasteiger charge is 2.23. The van der Waals surface area contributed by atoms with Gasteiger partial charge in [0.1, 0.15) is 10.7 Å². The van der Waals surface area contributed by atoms with Gasteiger partial charge in [-0.05, 0) is 62.3 Å². The Morgan fingerprint density at radius 1 is 1.25 bits per heavy atom. The van der Waals surface area contributed by atoms with E-state index in [0.717, 1.165) is 18.7 Å². The minimum absolute atomic E-state index is 0.0910. The van der Waals surface area contributed by atoms with Crippen molar-refractivity contribution in [3.05, 3.63) is 56.4 Å². The molecule has 1 aromatic carbocycles. The number of thiophene rings is 1. The van der Waals surface area contributed by atoms with Gasteiger partial charge < -0.3 is 10.1 Å². The average Bonchev–Trinajstić information content (AvgIpc) is 3.38. The molecule has 0 saturated carbocycles. The Kier molecular flexibility index (Phi) is 6.19. The maximum atomic E-state index is 12.8. The molecule has 3 N–H and O–H groups in total. The fourth-order valence-corrected chi connectivity index (χ4v) is 4.78. The lowest BCUT2D eigenvalue weighted by Gasteiger charge is -2.11. The number of aryl methyl sites for hydroxylation is 2. The molecule has 0 saturated heterocycles. The van der Waals surface area contributed by atoms with Crippen molar-refractivity contribution in [3.63, 3.8) is 0 Å². The Morgan fingerprint density at radius 2 is 2.00 bits per heavy atom. The van der Waals surface area contributed by atoms with Crippen molar-refractivity contribution in [1.82, 2.24) is 20.4 Å². The van der Waals surface area contributed by atoms with Crippen molar-refractivity contribution >= 4 is 56.4 Å². The number of benzene rings is 1. The smallest absolute Gasteiger partial charge is 0.338 e. The third-order valence-corrected chi connectivity index (χ3v) is 6.45. The summed E-state index contributed by atoms with van der Waals surface area (Å²) in [5.41, 5.74) is 6.78. The van der Waals surface area contributed by atoms with Gasteiger partial charge in [-0.15, -0.1) is 11.3 Å². The Hall–Kier alpha value is -3.31. The standard InChI is InChI=1S/C21H21N5O4S2/c1-3-30-20(29)12-6-8-13(9-7-12)22-21(31)25-24-17(27)16-11(2)15-18(32-16)23-14-5-4-10-26(14)19(15)28/h6-9H,3-5,10H2,1-2H3,(H,24,27)(H2,22,25,31). The largest absolute Gasteiger partial charge is 0.462 e. The number of thiocarbonyl (C=S) groups is 1. The first-order valence-corrected chi connectivity index (χ1v) is 11.3. The number of fused-ring (bicyclic) bond motifs is 2. The fraction of sp³-hybridized carbons (Fsp3) is 0.286. The molecule has 166 valence electrons. The van der Waals surface area contributed by atoms with E-state index >= 15 is 0 Å². The van der Waals surface area contributed by atoms with Crippen LogP contribution in [0.1, 0.15) is 44.8 Å². The van der Waals surface area contributed by atoms with E-state index in [1.807, 2.05) is 0 Å². The van der Waals surface area contributed by atoms with Crippen LogP contribution in [0.2, 0.25) is 0 Å². The number of amides is 1. The third kappa shape index (κ3) is 4.21. The first-order chi connectivity index (χ1) is 15.4. The minimum Gasteiger partial charge on any atom is -0.462 e. The summed E-state index contributed by atoms with van der Waals surface area (Å²) in [6.45, 7) is 4.46. The highest BCUT2D eigenvalue weighted by molar-refractivity contribution is 7.80. The van der Waals surface area contributed by atoms with Gasteiger partial charge in [-0.1, -0.05) is 0 Å². The molecule has 0 atom stereocenters.